The number of hydrogen-bond donors (Lipinski definition) is 1. The van der Waals surface area contributed by atoms with E-state index < -0.39 is 17.4 Å². The molecule has 0 aromatic rings. The van der Waals surface area contributed by atoms with Gasteiger partial charge in [-0.25, -0.2) is 4.79 Å². The third-order valence-electron chi connectivity index (χ3n) is 5.45. The Hall–Kier alpha value is -0.910. The normalized spacial score (nSPS) is 53.7. The van der Waals surface area contributed by atoms with E-state index in [9.17, 15) is 9.90 Å². The SMILES string of the molecule is CC1=C2C[C@H]3O[C@@]3(C)CCC3O[C@@]3(C)C[C@@]2(O)OC1=O. The molecule has 5 nitrogen and oxygen atoms in total. The lowest BCUT2D eigenvalue weighted by molar-refractivity contribution is -0.188. The molecule has 0 bridgehead atoms. The molecule has 5 atom stereocenters. The van der Waals surface area contributed by atoms with Crippen LogP contribution in [0.1, 0.15) is 46.5 Å². The summed E-state index contributed by atoms with van der Waals surface area (Å²) in [6, 6.07) is 0. The second-order valence-corrected chi connectivity index (χ2v) is 7.04. The molecule has 1 unspecified atom stereocenters. The maximum Gasteiger partial charge on any atom is 0.336 e. The molecule has 2 saturated heterocycles. The zero-order valence-electron chi connectivity index (χ0n) is 12.1. The summed E-state index contributed by atoms with van der Waals surface area (Å²) < 4.78 is 16.8. The predicted octanol–water partition coefficient (Wildman–Crippen LogP) is 1.44. The van der Waals surface area contributed by atoms with Crippen molar-refractivity contribution >= 4 is 5.97 Å². The van der Waals surface area contributed by atoms with Gasteiger partial charge in [-0.1, -0.05) is 0 Å². The van der Waals surface area contributed by atoms with Gasteiger partial charge in [0, 0.05) is 24.0 Å². The number of ether oxygens (including phenoxy) is 3. The van der Waals surface area contributed by atoms with Crippen LogP contribution in [0.4, 0.5) is 0 Å². The van der Waals surface area contributed by atoms with Gasteiger partial charge in [0.2, 0.25) is 5.79 Å². The van der Waals surface area contributed by atoms with Crippen LogP contribution in [0.15, 0.2) is 11.1 Å². The van der Waals surface area contributed by atoms with Crippen molar-refractivity contribution in [2.45, 2.75) is 75.7 Å². The largest absolute Gasteiger partial charge is 0.426 e. The molecule has 0 radical (unpaired) electrons. The Morgan fingerprint density at radius 2 is 1.90 bits per heavy atom. The summed E-state index contributed by atoms with van der Waals surface area (Å²) in [4.78, 5) is 11.8. The molecule has 4 rings (SSSR count). The smallest absolute Gasteiger partial charge is 0.336 e. The first kappa shape index (κ1) is 12.8. The van der Waals surface area contributed by atoms with Crippen LogP contribution in [-0.4, -0.2) is 40.3 Å². The lowest BCUT2D eigenvalue weighted by Gasteiger charge is -2.27. The van der Waals surface area contributed by atoms with E-state index in [1.807, 2.05) is 6.92 Å². The number of carbonyl (C=O) groups excluding carboxylic acids is 1. The predicted molar refractivity (Wildman–Crippen MR) is 68.8 cm³/mol. The number of epoxide rings is 2. The zero-order valence-corrected chi connectivity index (χ0v) is 12.1. The second kappa shape index (κ2) is 3.46. The van der Waals surface area contributed by atoms with E-state index in [0.717, 1.165) is 12.8 Å². The van der Waals surface area contributed by atoms with Crippen LogP contribution in [0.2, 0.25) is 0 Å². The monoisotopic (exact) mass is 280 g/mol. The van der Waals surface area contributed by atoms with Crippen LogP contribution < -0.4 is 0 Å². The van der Waals surface area contributed by atoms with Crippen LogP contribution in [0.25, 0.3) is 0 Å². The Balaban J connectivity index is 1.72. The van der Waals surface area contributed by atoms with E-state index in [-0.39, 0.29) is 17.8 Å². The molecule has 1 N–H and O–H groups in total. The molecule has 3 heterocycles. The van der Waals surface area contributed by atoms with Gasteiger partial charge < -0.3 is 19.3 Å². The highest BCUT2D eigenvalue weighted by molar-refractivity contribution is 5.92. The Morgan fingerprint density at radius 1 is 1.20 bits per heavy atom. The Labute approximate surface area is 117 Å². The molecule has 5 heteroatoms. The van der Waals surface area contributed by atoms with Crippen molar-refractivity contribution in [2.75, 3.05) is 0 Å². The van der Waals surface area contributed by atoms with Crippen molar-refractivity contribution in [1.82, 2.24) is 0 Å². The summed E-state index contributed by atoms with van der Waals surface area (Å²) in [6.45, 7) is 5.78. The van der Waals surface area contributed by atoms with Gasteiger partial charge in [-0.3, -0.25) is 0 Å². The third-order valence-corrected chi connectivity index (χ3v) is 5.45. The Kier molecular flexibility index (Phi) is 2.21. The summed E-state index contributed by atoms with van der Waals surface area (Å²) in [7, 11) is 0. The number of aliphatic hydroxyl groups is 1. The van der Waals surface area contributed by atoms with Crippen LogP contribution in [0.5, 0.6) is 0 Å². The second-order valence-electron chi connectivity index (χ2n) is 7.04. The maximum absolute atomic E-state index is 11.8. The minimum Gasteiger partial charge on any atom is -0.426 e. The molecule has 0 aromatic heterocycles. The summed E-state index contributed by atoms with van der Waals surface area (Å²) in [5, 5.41) is 10.8. The molecular weight excluding hydrogens is 260 g/mol. The summed E-state index contributed by atoms with van der Waals surface area (Å²) in [5.41, 5.74) is 0.646. The minimum atomic E-state index is -1.52. The van der Waals surface area contributed by atoms with E-state index in [1.54, 1.807) is 6.92 Å². The molecule has 0 spiro atoms. The zero-order chi connectivity index (χ0) is 14.3. The third kappa shape index (κ3) is 1.63. The highest BCUT2D eigenvalue weighted by Crippen LogP contribution is 2.55. The number of esters is 1. The number of hydrogen-bond acceptors (Lipinski definition) is 5. The van der Waals surface area contributed by atoms with Gasteiger partial charge in [-0.15, -0.1) is 0 Å². The van der Waals surface area contributed by atoms with Crippen molar-refractivity contribution < 1.29 is 24.1 Å². The van der Waals surface area contributed by atoms with Crippen molar-refractivity contribution in [3.8, 4) is 0 Å². The first-order valence-electron chi connectivity index (χ1n) is 7.27. The lowest BCUT2D eigenvalue weighted by atomic mass is 9.83. The van der Waals surface area contributed by atoms with Crippen LogP contribution >= 0.6 is 0 Å². The molecule has 3 fully saturated rings. The van der Waals surface area contributed by atoms with Crippen molar-refractivity contribution in [3.05, 3.63) is 11.1 Å². The molecule has 20 heavy (non-hydrogen) atoms. The standard InChI is InChI=1S/C15H20O5/c1-8-9-6-11-13(2,19-11)5-4-10-14(3,18-10)7-15(9,17)20-12(8)16/h10-11,17H,4-7H2,1-3H3/t10?,11-,13+,14+,15-/m1/s1. The average molecular weight is 280 g/mol. The summed E-state index contributed by atoms with van der Waals surface area (Å²) in [5.74, 6) is -1.94. The lowest BCUT2D eigenvalue weighted by Crippen LogP contribution is -2.38. The number of carbonyl (C=O) groups is 1. The van der Waals surface area contributed by atoms with E-state index in [2.05, 4.69) is 6.92 Å². The van der Waals surface area contributed by atoms with Gasteiger partial charge in [-0.05, 0) is 33.6 Å². The van der Waals surface area contributed by atoms with Crippen molar-refractivity contribution in [1.29, 1.82) is 0 Å². The average Bonchev–Trinajstić information content (AvgIpc) is 3.16. The molecule has 0 amide bonds. The molecule has 4 aliphatic rings. The number of rotatable bonds is 0. The quantitative estimate of drug-likeness (QED) is 0.537. The fourth-order valence-electron chi connectivity index (χ4n) is 3.82. The highest BCUT2D eigenvalue weighted by atomic mass is 16.7. The molecular formula is C15H20O5. The highest BCUT2D eigenvalue weighted by Gasteiger charge is 2.64. The van der Waals surface area contributed by atoms with Gasteiger partial charge in [0.15, 0.2) is 0 Å². The molecule has 1 aliphatic carbocycles. The Morgan fingerprint density at radius 3 is 2.65 bits per heavy atom. The fraction of sp³-hybridized carbons (Fsp3) is 0.800. The topological polar surface area (TPSA) is 71.6 Å². The minimum absolute atomic E-state index is 0.0663. The van der Waals surface area contributed by atoms with Gasteiger partial charge in [0.25, 0.3) is 0 Å². The maximum atomic E-state index is 11.8. The molecule has 1 saturated carbocycles. The fourth-order valence-corrected chi connectivity index (χ4v) is 3.82. The van der Waals surface area contributed by atoms with Gasteiger partial charge in [-0.2, -0.15) is 0 Å². The van der Waals surface area contributed by atoms with E-state index in [4.69, 9.17) is 14.2 Å². The van der Waals surface area contributed by atoms with E-state index in [0.29, 0.717) is 24.0 Å². The molecule has 0 aromatic carbocycles. The molecule has 110 valence electrons. The van der Waals surface area contributed by atoms with Gasteiger partial charge in [0.05, 0.1) is 23.4 Å². The van der Waals surface area contributed by atoms with Crippen LogP contribution in [-0.2, 0) is 19.0 Å². The van der Waals surface area contributed by atoms with E-state index >= 15 is 0 Å². The van der Waals surface area contributed by atoms with Crippen molar-refractivity contribution in [2.24, 2.45) is 0 Å². The Bertz CT molecular complexity index is 540. The summed E-state index contributed by atoms with van der Waals surface area (Å²) >= 11 is 0. The molecule has 3 aliphatic heterocycles. The van der Waals surface area contributed by atoms with Gasteiger partial charge >= 0.3 is 5.97 Å². The first-order chi connectivity index (χ1) is 9.26. The van der Waals surface area contributed by atoms with Crippen LogP contribution in [0.3, 0.4) is 0 Å². The van der Waals surface area contributed by atoms with Crippen molar-refractivity contribution in [3.63, 3.8) is 0 Å². The first-order valence-corrected chi connectivity index (χ1v) is 7.27. The number of fused-ring (bicyclic) bond motifs is 3. The van der Waals surface area contributed by atoms with Gasteiger partial charge in [0.1, 0.15) is 0 Å². The van der Waals surface area contributed by atoms with Crippen LogP contribution in [0, 0.1) is 0 Å². The summed E-state index contributed by atoms with van der Waals surface area (Å²) in [6.07, 6.45) is 2.93. The van der Waals surface area contributed by atoms with E-state index in [1.165, 1.54) is 0 Å².